The Morgan fingerprint density at radius 2 is 2.36 bits per heavy atom. The lowest BCUT2D eigenvalue weighted by Gasteiger charge is -2.09. The molecular weight excluding hydrogens is 184 g/mol. The van der Waals surface area contributed by atoms with E-state index in [9.17, 15) is 0 Å². The molecule has 14 heavy (non-hydrogen) atoms. The lowest BCUT2D eigenvalue weighted by molar-refractivity contribution is 0.310. The number of rotatable bonds is 5. The molecule has 0 atom stereocenters. The van der Waals surface area contributed by atoms with Gasteiger partial charge >= 0.3 is 0 Å². The Hall–Kier alpha value is -1.56. The highest BCUT2D eigenvalue weighted by Crippen LogP contribution is 2.23. The summed E-state index contributed by atoms with van der Waals surface area (Å²) in [6.07, 6.45) is 1.36. The normalized spacial score (nSPS) is 9.86. The van der Waals surface area contributed by atoms with Gasteiger partial charge < -0.3 is 20.9 Å². The largest absolute Gasteiger partial charge is 0.476 e. The van der Waals surface area contributed by atoms with Gasteiger partial charge in [-0.15, -0.1) is 0 Å². The molecule has 0 saturated carbocycles. The maximum Gasteiger partial charge on any atom is 0.242 e. The van der Waals surface area contributed by atoms with Gasteiger partial charge in [0, 0.05) is 6.54 Å². The molecule has 0 fully saturated rings. The SMILES string of the molecule is CCOc1ncnc(NCCO)c1N. The number of aromatic nitrogens is 2. The van der Waals surface area contributed by atoms with Gasteiger partial charge in [-0.05, 0) is 6.92 Å². The molecule has 4 N–H and O–H groups in total. The van der Waals surface area contributed by atoms with Crippen molar-refractivity contribution in [3.05, 3.63) is 6.33 Å². The summed E-state index contributed by atoms with van der Waals surface area (Å²) in [5, 5.41) is 11.5. The van der Waals surface area contributed by atoms with E-state index in [-0.39, 0.29) is 6.61 Å². The molecule has 1 heterocycles. The number of hydrogen-bond acceptors (Lipinski definition) is 6. The fourth-order valence-electron chi connectivity index (χ4n) is 0.946. The fraction of sp³-hybridized carbons (Fsp3) is 0.500. The Balaban J connectivity index is 2.78. The van der Waals surface area contributed by atoms with E-state index in [1.165, 1.54) is 6.33 Å². The Labute approximate surface area is 82.1 Å². The van der Waals surface area contributed by atoms with E-state index in [2.05, 4.69) is 15.3 Å². The van der Waals surface area contributed by atoms with E-state index in [1.54, 1.807) is 0 Å². The van der Waals surface area contributed by atoms with Gasteiger partial charge in [-0.2, -0.15) is 4.98 Å². The van der Waals surface area contributed by atoms with Gasteiger partial charge in [-0.3, -0.25) is 0 Å². The summed E-state index contributed by atoms with van der Waals surface area (Å²) in [7, 11) is 0. The fourth-order valence-corrected chi connectivity index (χ4v) is 0.946. The van der Waals surface area contributed by atoms with Crippen LogP contribution in [-0.2, 0) is 0 Å². The summed E-state index contributed by atoms with van der Waals surface area (Å²) in [6, 6.07) is 0. The Morgan fingerprint density at radius 1 is 1.57 bits per heavy atom. The topological polar surface area (TPSA) is 93.3 Å². The van der Waals surface area contributed by atoms with Crippen LogP contribution in [0.1, 0.15) is 6.92 Å². The second kappa shape index (κ2) is 5.23. The predicted octanol–water partition coefficient (Wildman–Crippen LogP) is -0.138. The zero-order valence-electron chi connectivity index (χ0n) is 8.03. The van der Waals surface area contributed by atoms with Crippen molar-refractivity contribution in [1.29, 1.82) is 0 Å². The number of anilines is 2. The maximum absolute atomic E-state index is 8.61. The second-order valence-electron chi connectivity index (χ2n) is 2.52. The van der Waals surface area contributed by atoms with Crippen molar-refractivity contribution in [1.82, 2.24) is 9.97 Å². The first kappa shape index (κ1) is 10.5. The molecular formula is C8H14N4O2. The highest BCUT2D eigenvalue weighted by Gasteiger charge is 2.07. The van der Waals surface area contributed by atoms with Crippen LogP contribution in [0.2, 0.25) is 0 Å². The molecule has 1 aromatic heterocycles. The molecule has 0 bridgehead atoms. The van der Waals surface area contributed by atoms with E-state index in [1.807, 2.05) is 6.92 Å². The van der Waals surface area contributed by atoms with Crippen LogP contribution in [0, 0.1) is 0 Å². The summed E-state index contributed by atoms with van der Waals surface area (Å²) in [4.78, 5) is 7.80. The number of aliphatic hydroxyl groups is 1. The first-order valence-corrected chi connectivity index (χ1v) is 4.37. The number of nitrogens with one attached hydrogen (secondary N) is 1. The first-order chi connectivity index (χ1) is 6.79. The number of aliphatic hydroxyl groups excluding tert-OH is 1. The number of nitrogen functional groups attached to an aromatic ring is 1. The van der Waals surface area contributed by atoms with E-state index < -0.39 is 0 Å². The van der Waals surface area contributed by atoms with Crippen molar-refractivity contribution in [2.24, 2.45) is 0 Å². The second-order valence-corrected chi connectivity index (χ2v) is 2.52. The van der Waals surface area contributed by atoms with Crippen molar-refractivity contribution in [2.75, 3.05) is 30.8 Å². The van der Waals surface area contributed by atoms with Gasteiger partial charge in [0.2, 0.25) is 5.88 Å². The lowest BCUT2D eigenvalue weighted by Crippen LogP contribution is -2.10. The number of nitrogens with zero attached hydrogens (tertiary/aromatic N) is 2. The minimum absolute atomic E-state index is 0.0212. The molecule has 0 aliphatic rings. The Kier molecular flexibility index (Phi) is 3.93. The minimum Gasteiger partial charge on any atom is -0.476 e. The van der Waals surface area contributed by atoms with E-state index in [0.29, 0.717) is 30.5 Å². The minimum atomic E-state index is 0.0212. The Bertz CT molecular complexity index is 293. The van der Waals surface area contributed by atoms with E-state index >= 15 is 0 Å². The number of hydrogen-bond donors (Lipinski definition) is 3. The zero-order chi connectivity index (χ0) is 10.4. The van der Waals surface area contributed by atoms with Gasteiger partial charge in [0.15, 0.2) is 5.82 Å². The smallest absolute Gasteiger partial charge is 0.242 e. The van der Waals surface area contributed by atoms with Crippen molar-refractivity contribution in [3.8, 4) is 5.88 Å². The summed E-state index contributed by atoms with van der Waals surface area (Å²) in [6.45, 7) is 2.77. The predicted molar refractivity (Wildman–Crippen MR) is 53.2 cm³/mol. The average Bonchev–Trinajstić information content (AvgIpc) is 2.20. The average molecular weight is 198 g/mol. The van der Waals surface area contributed by atoms with E-state index in [4.69, 9.17) is 15.6 Å². The highest BCUT2D eigenvalue weighted by molar-refractivity contribution is 5.66. The molecule has 0 aliphatic heterocycles. The van der Waals surface area contributed by atoms with Crippen molar-refractivity contribution in [2.45, 2.75) is 6.92 Å². The third kappa shape index (κ3) is 2.46. The molecule has 0 aromatic carbocycles. The molecule has 1 rings (SSSR count). The first-order valence-electron chi connectivity index (χ1n) is 4.37. The van der Waals surface area contributed by atoms with Gasteiger partial charge in [-0.25, -0.2) is 4.98 Å². The highest BCUT2D eigenvalue weighted by atomic mass is 16.5. The summed E-state index contributed by atoms with van der Waals surface area (Å²) >= 11 is 0. The molecule has 0 amide bonds. The third-order valence-electron chi connectivity index (χ3n) is 1.53. The van der Waals surface area contributed by atoms with Crippen molar-refractivity contribution in [3.63, 3.8) is 0 Å². The molecule has 0 unspecified atom stereocenters. The molecule has 0 saturated heterocycles. The molecule has 6 heteroatoms. The molecule has 6 nitrogen and oxygen atoms in total. The molecule has 0 radical (unpaired) electrons. The van der Waals surface area contributed by atoms with Crippen molar-refractivity contribution < 1.29 is 9.84 Å². The van der Waals surface area contributed by atoms with Gasteiger partial charge in [0.25, 0.3) is 0 Å². The van der Waals surface area contributed by atoms with Crippen LogP contribution in [0.5, 0.6) is 5.88 Å². The van der Waals surface area contributed by atoms with Crippen molar-refractivity contribution >= 4 is 11.5 Å². The Morgan fingerprint density at radius 3 is 3.00 bits per heavy atom. The summed E-state index contributed by atoms with van der Waals surface area (Å²) < 4.78 is 5.18. The monoisotopic (exact) mass is 198 g/mol. The van der Waals surface area contributed by atoms with Crippen LogP contribution < -0.4 is 15.8 Å². The quantitative estimate of drug-likeness (QED) is 0.609. The lowest BCUT2D eigenvalue weighted by atomic mass is 10.4. The third-order valence-corrected chi connectivity index (χ3v) is 1.53. The van der Waals surface area contributed by atoms with E-state index in [0.717, 1.165) is 0 Å². The van der Waals surface area contributed by atoms with Crippen LogP contribution in [0.3, 0.4) is 0 Å². The van der Waals surface area contributed by atoms with Gasteiger partial charge in [-0.1, -0.05) is 0 Å². The summed E-state index contributed by atoms with van der Waals surface area (Å²) in [5.74, 6) is 0.848. The molecule has 78 valence electrons. The standard InChI is InChI=1S/C8H14N4O2/c1-2-14-8-6(9)7(10-3-4-13)11-5-12-8/h5,13H,2-4,9H2,1H3,(H,10,11,12). The number of nitrogens with two attached hydrogens (primary N) is 1. The van der Waals surface area contributed by atoms with Crippen LogP contribution in [0.15, 0.2) is 6.33 Å². The molecule has 1 aromatic rings. The van der Waals surface area contributed by atoms with Crippen LogP contribution in [0.4, 0.5) is 11.5 Å². The molecule has 0 spiro atoms. The van der Waals surface area contributed by atoms with Gasteiger partial charge in [0.1, 0.15) is 12.0 Å². The maximum atomic E-state index is 8.61. The van der Waals surface area contributed by atoms with Crippen LogP contribution in [-0.4, -0.2) is 34.8 Å². The summed E-state index contributed by atoms with van der Waals surface area (Å²) in [5.41, 5.74) is 6.08. The van der Waals surface area contributed by atoms with Crippen LogP contribution in [0.25, 0.3) is 0 Å². The van der Waals surface area contributed by atoms with Crippen LogP contribution >= 0.6 is 0 Å². The number of ether oxygens (including phenoxy) is 1. The zero-order valence-corrected chi connectivity index (χ0v) is 8.03. The molecule has 0 aliphatic carbocycles. The van der Waals surface area contributed by atoms with Gasteiger partial charge in [0.05, 0.1) is 13.2 Å².